The third kappa shape index (κ3) is 28.1. The van der Waals surface area contributed by atoms with Crippen molar-refractivity contribution in [3.05, 3.63) is 96.2 Å². The molecule has 0 bridgehead atoms. The maximum atomic E-state index is 14.7. The minimum Gasteiger partial charge on any atom is -0.379 e. The van der Waals surface area contributed by atoms with Gasteiger partial charge in [0.05, 0.1) is 69.2 Å². The smallest absolute Gasteiger partial charge is 0.312 e. The molecule has 5 rings (SSSR count). The number of carbonyl (C=O) groups excluding carboxylic acids is 10. The lowest BCUT2D eigenvalue weighted by atomic mass is 9.83. The number of anilines is 2. The summed E-state index contributed by atoms with van der Waals surface area (Å²) in [4.78, 5) is 147. The number of carbonyl (C=O) groups is 10. The number of ketones is 3. The number of pyridine rings is 1. The average Bonchev–Trinajstić information content (AvgIpc) is 1.24. The Kier molecular flexibility index (Phi) is 37.1. The average molecular weight is 1510 g/mol. The summed E-state index contributed by atoms with van der Waals surface area (Å²) in [6.07, 6.45) is 3.44. The fourth-order valence-corrected chi connectivity index (χ4v) is 15.0. The number of methoxy groups -OCH3 is 2. The van der Waals surface area contributed by atoms with Crippen molar-refractivity contribution in [2.75, 3.05) is 105 Å². The van der Waals surface area contributed by atoms with E-state index in [1.165, 1.54) is 19.4 Å². The van der Waals surface area contributed by atoms with Crippen molar-refractivity contribution in [3.63, 3.8) is 0 Å². The van der Waals surface area contributed by atoms with Crippen LogP contribution < -0.4 is 32.3 Å². The molecule has 0 radical (unpaired) electrons. The molecule has 27 nitrogen and oxygen atoms in total. The number of Topliss-reactive ketones (excluding diaryl/α,β-unsaturated/α-hetero) is 3. The minimum atomic E-state index is -3.61. The highest BCUT2D eigenvalue weighted by molar-refractivity contribution is 7.90. The molecule has 0 unspecified atom stereocenters. The van der Waals surface area contributed by atoms with Crippen LogP contribution in [0.3, 0.4) is 0 Å². The van der Waals surface area contributed by atoms with E-state index in [1.54, 1.807) is 87.2 Å². The Hall–Kier alpha value is -8.12. The van der Waals surface area contributed by atoms with Crippen molar-refractivity contribution in [3.8, 4) is 0 Å². The molecule has 7 N–H and O–H groups in total. The second-order valence-electron chi connectivity index (χ2n) is 29.4. The standard InChI is InChI=1S/C79H118N10O17S/c1-16-52(8)73(88(12)78(98)61(49(2)3)44-66(92)72(51(6)7)87(10)11)67(102-13)45-70(95)89-35-21-25-63(89)74(103-14)53(9)64(90)42-58(40-54-22-18-17-19-23-54)75(96)83-46-55-26-29-59(30-27-55)85-76(97)57(24-20-33-82-79(80)99)41-65(91)71(50(4)5)86-69(94)48-106-39-37-104-36-38-105-47-68(93)84-60-31-28-56-32-34-81-77(62(56)43-60)107(15,100)101/h17-19,22-23,26-32,34,43,49-53,57-58,61,63,67,71-74H,16,20-21,24-25,33,35-42,44-48H2,1-15H3,(H,83,96)(H,84,93)(H,85,97)(H,86,94)(H3,80,82,99)/t52-,53-,57+,58+,61-,63-,67+,71-,72-,73-,74+/m0/s1. The van der Waals surface area contributed by atoms with Gasteiger partial charge in [-0.2, -0.15) is 0 Å². The first-order valence-corrected chi connectivity index (χ1v) is 39.1. The molecule has 1 aliphatic rings. The number of urea groups is 1. The van der Waals surface area contributed by atoms with Gasteiger partial charge in [0.15, 0.2) is 26.4 Å². The monoisotopic (exact) mass is 1510 g/mol. The van der Waals surface area contributed by atoms with Crippen LogP contribution in [0.25, 0.3) is 10.8 Å². The van der Waals surface area contributed by atoms with E-state index in [1.807, 2.05) is 90.9 Å². The van der Waals surface area contributed by atoms with Gasteiger partial charge in [-0.15, -0.1) is 0 Å². The zero-order valence-corrected chi connectivity index (χ0v) is 66.1. The van der Waals surface area contributed by atoms with Gasteiger partial charge in [0.25, 0.3) is 0 Å². The topological polar surface area (TPSA) is 360 Å². The van der Waals surface area contributed by atoms with E-state index < -0.39 is 100.0 Å². The summed E-state index contributed by atoms with van der Waals surface area (Å²) >= 11 is 0. The molecule has 1 fully saturated rings. The Morgan fingerprint density at radius 3 is 1.90 bits per heavy atom. The number of amides is 8. The predicted molar refractivity (Wildman–Crippen MR) is 409 cm³/mol. The summed E-state index contributed by atoms with van der Waals surface area (Å²) < 4.78 is 53.2. The molecule has 0 spiro atoms. The number of hydrogen-bond acceptors (Lipinski definition) is 19. The van der Waals surface area contributed by atoms with Gasteiger partial charge in [0.1, 0.15) is 19.0 Å². The first-order valence-electron chi connectivity index (χ1n) is 37.2. The van der Waals surface area contributed by atoms with Crippen molar-refractivity contribution in [2.45, 2.75) is 174 Å². The van der Waals surface area contributed by atoms with Gasteiger partial charge in [0, 0.05) is 113 Å². The van der Waals surface area contributed by atoms with Crippen molar-refractivity contribution in [2.24, 2.45) is 53.1 Å². The largest absolute Gasteiger partial charge is 0.379 e. The number of nitrogens with one attached hydrogen (secondary N) is 5. The summed E-state index contributed by atoms with van der Waals surface area (Å²) in [5, 5.41) is 14.8. The van der Waals surface area contributed by atoms with Gasteiger partial charge < -0.3 is 65.8 Å². The number of benzene rings is 3. The third-order valence-corrected chi connectivity index (χ3v) is 21.0. The van der Waals surface area contributed by atoms with Crippen molar-refractivity contribution < 1.29 is 80.0 Å². The van der Waals surface area contributed by atoms with Crippen molar-refractivity contribution in [1.29, 1.82) is 0 Å². The van der Waals surface area contributed by atoms with Gasteiger partial charge in [-0.05, 0) is 117 Å². The molecule has 28 heteroatoms. The summed E-state index contributed by atoms with van der Waals surface area (Å²) in [5.74, 6) is -6.34. The van der Waals surface area contributed by atoms with Crippen LogP contribution in [-0.2, 0) is 89.6 Å². The fraction of sp³-hybridized carbons (Fsp3) is 0.608. The summed E-state index contributed by atoms with van der Waals surface area (Å²) in [6, 6.07) is 19.7. The summed E-state index contributed by atoms with van der Waals surface area (Å²) in [7, 11) is 4.96. The number of nitrogens with two attached hydrogens (primary N) is 1. The molecule has 0 aliphatic carbocycles. The molecule has 3 aromatic carbocycles. The van der Waals surface area contributed by atoms with Crippen LogP contribution in [0.2, 0.25) is 0 Å². The summed E-state index contributed by atoms with van der Waals surface area (Å²) in [5.41, 5.74) is 7.61. The number of likely N-dealkylation sites (tertiary alicyclic amines) is 1. The normalized spacial score (nSPS) is 16.1. The van der Waals surface area contributed by atoms with E-state index in [9.17, 15) is 56.4 Å². The Morgan fingerprint density at radius 2 is 1.31 bits per heavy atom. The number of primary amides is 1. The zero-order chi connectivity index (χ0) is 79.2. The van der Waals surface area contributed by atoms with Crippen LogP contribution in [-0.4, -0.2) is 218 Å². The molecular weight excluding hydrogens is 1390 g/mol. The van der Waals surface area contributed by atoms with Gasteiger partial charge in [0.2, 0.25) is 35.4 Å². The number of nitrogens with zero attached hydrogens (tertiary/aromatic N) is 4. The highest BCUT2D eigenvalue weighted by Crippen LogP contribution is 2.33. The number of aromatic nitrogens is 1. The predicted octanol–water partition coefficient (Wildman–Crippen LogP) is 7.60. The van der Waals surface area contributed by atoms with Crippen LogP contribution in [0.15, 0.2) is 90.1 Å². The van der Waals surface area contributed by atoms with Crippen LogP contribution in [0.1, 0.15) is 131 Å². The van der Waals surface area contributed by atoms with Crippen molar-refractivity contribution in [1.82, 2.24) is 35.6 Å². The SMILES string of the molecule is CC[C@H](C)[C@@H]([C@@H](CC(=O)N1CCC[C@H]1[C@H](OC)[C@@H](C)C(=O)C[C@@H](Cc1ccccc1)C(=O)NCc1ccc(NC(=O)[C@H](CCCNC(N)=O)CC(=O)[C@@H](NC(=O)COCCOCCOCC(=O)Nc2ccc3ccnc(S(C)(=O)=O)c3c2)C(C)C)cc1)OC)N(C)C(=O)[C@@H](CC(=O)[C@H](C(C)C)N(C)C)C(C)C. The molecule has 8 amide bonds. The quantitative estimate of drug-likeness (QED) is 0.0232. The first kappa shape index (κ1) is 89.5. The number of ether oxygens (including phenoxy) is 5. The third-order valence-electron chi connectivity index (χ3n) is 20.0. The van der Waals surface area contributed by atoms with E-state index in [-0.39, 0.29) is 149 Å². The van der Waals surface area contributed by atoms with Gasteiger partial charge in [-0.25, -0.2) is 18.2 Å². The van der Waals surface area contributed by atoms with E-state index in [0.29, 0.717) is 59.9 Å². The number of fused-ring (bicyclic) bond motifs is 1. The highest BCUT2D eigenvalue weighted by Gasteiger charge is 2.44. The van der Waals surface area contributed by atoms with E-state index in [0.717, 1.165) is 11.8 Å². The van der Waals surface area contributed by atoms with Crippen molar-refractivity contribution >= 4 is 90.8 Å². The fourth-order valence-electron chi connectivity index (χ4n) is 14.1. The number of sulfone groups is 1. The zero-order valence-electron chi connectivity index (χ0n) is 65.3. The van der Waals surface area contributed by atoms with Gasteiger partial charge in [-0.1, -0.05) is 117 Å². The summed E-state index contributed by atoms with van der Waals surface area (Å²) in [6.45, 7) is 17.5. The lowest BCUT2D eigenvalue weighted by molar-refractivity contribution is -0.149. The number of hydrogen-bond donors (Lipinski definition) is 6. The molecule has 1 aromatic heterocycles. The molecular formula is C79H118N10O17S. The molecule has 107 heavy (non-hydrogen) atoms. The Labute approximate surface area is 632 Å². The molecule has 11 atom stereocenters. The molecule has 1 saturated heterocycles. The second kappa shape index (κ2) is 44.4. The lowest BCUT2D eigenvalue weighted by Gasteiger charge is -2.41. The molecule has 1 aliphatic heterocycles. The Balaban J connectivity index is 1.14. The molecule has 0 saturated carbocycles. The van der Waals surface area contributed by atoms with E-state index in [4.69, 9.17) is 29.4 Å². The van der Waals surface area contributed by atoms with Crippen LogP contribution in [0.4, 0.5) is 16.2 Å². The molecule has 4 aromatic rings. The first-order chi connectivity index (χ1) is 50.7. The van der Waals surface area contributed by atoms with Crippen LogP contribution in [0.5, 0.6) is 0 Å². The van der Waals surface area contributed by atoms with Crippen LogP contribution >= 0.6 is 0 Å². The lowest BCUT2D eigenvalue weighted by Crippen LogP contribution is -2.54. The maximum absolute atomic E-state index is 14.7. The number of rotatable bonds is 48. The van der Waals surface area contributed by atoms with Crippen LogP contribution in [0, 0.1) is 47.3 Å². The Morgan fingerprint density at radius 1 is 0.673 bits per heavy atom. The Bertz CT molecular complexity index is 3680. The van der Waals surface area contributed by atoms with Gasteiger partial charge >= 0.3 is 6.03 Å². The van der Waals surface area contributed by atoms with E-state index >= 15 is 0 Å². The van der Waals surface area contributed by atoms with E-state index in [2.05, 4.69) is 31.6 Å². The maximum Gasteiger partial charge on any atom is 0.312 e. The molecule has 2 heterocycles. The highest BCUT2D eigenvalue weighted by atomic mass is 32.2. The number of likely N-dealkylation sites (N-methyl/N-ethyl adjacent to an activating group) is 2. The molecule has 592 valence electrons. The second-order valence-corrected chi connectivity index (χ2v) is 31.3. The minimum absolute atomic E-state index is 0.00762. The van der Waals surface area contributed by atoms with Gasteiger partial charge in [-0.3, -0.25) is 48.1 Å².